The zero-order chi connectivity index (χ0) is 19.1. The topological polar surface area (TPSA) is 70.2 Å². The summed E-state index contributed by atoms with van der Waals surface area (Å²) in [6.07, 6.45) is 0. The van der Waals surface area contributed by atoms with Crippen molar-refractivity contribution in [2.45, 2.75) is 13.0 Å². The molecule has 3 rings (SSSR count). The van der Waals surface area contributed by atoms with Crippen LogP contribution in [0.3, 0.4) is 0 Å². The molecular formula is C22H21N3O2. The quantitative estimate of drug-likeness (QED) is 0.628. The Hall–Kier alpha value is -3.60. The molecule has 27 heavy (non-hydrogen) atoms. The summed E-state index contributed by atoms with van der Waals surface area (Å²) >= 11 is 0. The first-order valence-electron chi connectivity index (χ1n) is 8.71. The molecule has 1 unspecified atom stereocenters. The third-order valence-electron chi connectivity index (χ3n) is 4.03. The molecule has 0 aliphatic rings. The van der Waals surface area contributed by atoms with Gasteiger partial charge in [0.05, 0.1) is 0 Å². The molecule has 0 aromatic heterocycles. The van der Waals surface area contributed by atoms with Gasteiger partial charge in [-0.15, -0.1) is 0 Å². The predicted molar refractivity (Wildman–Crippen MR) is 109 cm³/mol. The Morgan fingerprint density at radius 3 is 1.81 bits per heavy atom. The fourth-order valence-electron chi connectivity index (χ4n) is 2.58. The summed E-state index contributed by atoms with van der Waals surface area (Å²) in [4.78, 5) is 24.3. The summed E-state index contributed by atoms with van der Waals surface area (Å²) in [6, 6.07) is 25.6. The number of urea groups is 1. The molecule has 0 heterocycles. The fourth-order valence-corrected chi connectivity index (χ4v) is 2.58. The highest BCUT2D eigenvalue weighted by Gasteiger charge is 2.15. The van der Waals surface area contributed by atoms with Crippen LogP contribution in [-0.4, -0.2) is 18.0 Å². The predicted octanol–water partition coefficient (Wildman–Crippen LogP) is 4.50. The van der Waals surface area contributed by atoms with E-state index in [1.807, 2.05) is 72.8 Å². The van der Waals surface area contributed by atoms with Crippen LogP contribution < -0.4 is 16.0 Å². The average molecular weight is 359 g/mol. The molecular weight excluding hydrogens is 338 g/mol. The van der Waals surface area contributed by atoms with Crippen molar-refractivity contribution in [2.24, 2.45) is 0 Å². The van der Waals surface area contributed by atoms with E-state index < -0.39 is 12.1 Å². The maximum absolute atomic E-state index is 12.3. The highest BCUT2D eigenvalue weighted by atomic mass is 16.2. The Kier molecular flexibility index (Phi) is 5.84. The molecule has 1 atom stereocenters. The van der Waals surface area contributed by atoms with Crippen LogP contribution in [0.4, 0.5) is 16.2 Å². The molecule has 3 amide bonds. The maximum atomic E-state index is 12.3. The van der Waals surface area contributed by atoms with Crippen LogP contribution in [0.15, 0.2) is 84.9 Å². The fraction of sp³-hybridized carbons (Fsp3) is 0.0909. The van der Waals surface area contributed by atoms with E-state index >= 15 is 0 Å². The maximum Gasteiger partial charge on any atom is 0.319 e. The zero-order valence-corrected chi connectivity index (χ0v) is 15.0. The van der Waals surface area contributed by atoms with Gasteiger partial charge in [-0.2, -0.15) is 0 Å². The molecule has 0 aliphatic carbocycles. The van der Waals surface area contributed by atoms with Crippen molar-refractivity contribution in [1.82, 2.24) is 5.32 Å². The Morgan fingerprint density at radius 1 is 0.667 bits per heavy atom. The number of para-hydroxylation sites is 1. The molecule has 0 spiro atoms. The Labute approximate surface area is 158 Å². The molecule has 3 N–H and O–H groups in total. The molecule has 0 saturated carbocycles. The van der Waals surface area contributed by atoms with Gasteiger partial charge in [0.25, 0.3) is 0 Å². The molecule has 3 aromatic carbocycles. The van der Waals surface area contributed by atoms with Gasteiger partial charge >= 0.3 is 6.03 Å². The molecule has 0 aliphatic heterocycles. The molecule has 0 bridgehead atoms. The lowest BCUT2D eigenvalue weighted by atomic mass is 10.1. The van der Waals surface area contributed by atoms with Gasteiger partial charge < -0.3 is 16.0 Å². The van der Waals surface area contributed by atoms with Gasteiger partial charge in [0.1, 0.15) is 6.04 Å². The number of carbonyl (C=O) groups is 2. The van der Waals surface area contributed by atoms with E-state index in [0.717, 1.165) is 11.1 Å². The third kappa shape index (κ3) is 5.19. The lowest BCUT2D eigenvalue weighted by Crippen LogP contribution is -2.43. The van der Waals surface area contributed by atoms with Crippen LogP contribution in [-0.2, 0) is 4.79 Å². The van der Waals surface area contributed by atoms with Gasteiger partial charge in [-0.05, 0) is 42.3 Å². The van der Waals surface area contributed by atoms with Crippen molar-refractivity contribution >= 4 is 23.3 Å². The van der Waals surface area contributed by atoms with Gasteiger partial charge in [0, 0.05) is 11.4 Å². The highest BCUT2D eigenvalue weighted by Crippen LogP contribution is 2.21. The van der Waals surface area contributed by atoms with Crippen LogP contribution in [0.5, 0.6) is 0 Å². The number of benzene rings is 3. The summed E-state index contributed by atoms with van der Waals surface area (Å²) in [6.45, 7) is 1.64. The number of nitrogens with one attached hydrogen (secondary N) is 3. The van der Waals surface area contributed by atoms with Crippen molar-refractivity contribution in [3.63, 3.8) is 0 Å². The van der Waals surface area contributed by atoms with Crippen LogP contribution in [0, 0.1) is 0 Å². The van der Waals surface area contributed by atoms with E-state index in [-0.39, 0.29) is 5.91 Å². The zero-order valence-electron chi connectivity index (χ0n) is 15.0. The smallest absolute Gasteiger partial charge is 0.319 e. The first-order chi connectivity index (χ1) is 13.1. The van der Waals surface area contributed by atoms with Crippen molar-refractivity contribution < 1.29 is 9.59 Å². The number of rotatable bonds is 5. The average Bonchev–Trinajstić information content (AvgIpc) is 2.70. The Morgan fingerprint density at radius 2 is 1.19 bits per heavy atom. The lowest BCUT2D eigenvalue weighted by Gasteiger charge is -2.15. The number of hydrogen-bond donors (Lipinski definition) is 3. The van der Waals surface area contributed by atoms with E-state index in [1.54, 1.807) is 19.1 Å². The second kappa shape index (κ2) is 8.67. The van der Waals surface area contributed by atoms with Crippen LogP contribution in [0.1, 0.15) is 6.92 Å². The minimum absolute atomic E-state index is 0.286. The second-order valence-corrected chi connectivity index (χ2v) is 6.12. The first-order valence-corrected chi connectivity index (χ1v) is 8.71. The van der Waals surface area contributed by atoms with Gasteiger partial charge in [-0.25, -0.2) is 4.79 Å². The van der Waals surface area contributed by atoms with Gasteiger partial charge in [-0.3, -0.25) is 4.79 Å². The van der Waals surface area contributed by atoms with E-state index in [0.29, 0.717) is 11.4 Å². The summed E-state index contributed by atoms with van der Waals surface area (Å²) in [5.74, 6) is -0.286. The second-order valence-electron chi connectivity index (χ2n) is 6.12. The Bertz CT molecular complexity index is 894. The summed E-state index contributed by atoms with van der Waals surface area (Å²) in [5.41, 5.74) is 3.53. The van der Waals surface area contributed by atoms with E-state index in [1.165, 1.54) is 0 Å². The minimum atomic E-state index is -0.678. The first kappa shape index (κ1) is 18.2. The van der Waals surface area contributed by atoms with Crippen molar-refractivity contribution in [3.8, 4) is 11.1 Å². The van der Waals surface area contributed by atoms with E-state index in [2.05, 4.69) is 16.0 Å². The SMILES string of the molecule is CC(NC(=O)Nc1ccccc1)C(=O)Nc1ccc(-c2ccccc2)cc1. The molecule has 5 nitrogen and oxygen atoms in total. The summed E-state index contributed by atoms with van der Waals surface area (Å²) in [7, 11) is 0. The monoisotopic (exact) mass is 359 g/mol. The molecule has 0 fully saturated rings. The standard InChI is InChI=1S/C22H21N3O2/c1-16(23-22(27)25-19-10-6-3-7-11-19)21(26)24-20-14-12-18(13-15-20)17-8-4-2-5-9-17/h2-16H,1H3,(H,24,26)(H2,23,25,27). The highest BCUT2D eigenvalue weighted by molar-refractivity contribution is 5.99. The molecule has 136 valence electrons. The summed E-state index contributed by atoms with van der Waals surface area (Å²) in [5, 5.41) is 8.12. The van der Waals surface area contributed by atoms with Crippen LogP contribution >= 0.6 is 0 Å². The van der Waals surface area contributed by atoms with Crippen molar-refractivity contribution in [2.75, 3.05) is 10.6 Å². The largest absolute Gasteiger partial charge is 0.326 e. The number of hydrogen-bond acceptors (Lipinski definition) is 2. The third-order valence-corrected chi connectivity index (χ3v) is 4.03. The van der Waals surface area contributed by atoms with Gasteiger partial charge in [0.15, 0.2) is 0 Å². The van der Waals surface area contributed by atoms with Gasteiger partial charge in [-0.1, -0.05) is 60.7 Å². The molecule has 0 radical (unpaired) electrons. The van der Waals surface area contributed by atoms with Crippen molar-refractivity contribution in [1.29, 1.82) is 0 Å². The normalized spacial score (nSPS) is 11.3. The summed E-state index contributed by atoms with van der Waals surface area (Å²) < 4.78 is 0. The van der Waals surface area contributed by atoms with Gasteiger partial charge in [0.2, 0.25) is 5.91 Å². The van der Waals surface area contributed by atoms with E-state index in [9.17, 15) is 9.59 Å². The van der Waals surface area contributed by atoms with Crippen molar-refractivity contribution in [3.05, 3.63) is 84.9 Å². The molecule has 3 aromatic rings. The number of carbonyl (C=O) groups excluding carboxylic acids is 2. The van der Waals surface area contributed by atoms with Crippen LogP contribution in [0.2, 0.25) is 0 Å². The Balaban J connectivity index is 1.54. The number of anilines is 2. The molecule has 0 saturated heterocycles. The minimum Gasteiger partial charge on any atom is -0.326 e. The van der Waals surface area contributed by atoms with Crippen LogP contribution in [0.25, 0.3) is 11.1 Å². The number of amides is 3. The van der Waals surface area contributed by atoms with E-state index in [4.69, 9.17) is 0 Å². The lowest BCUT2D eigenvalue weighted by molar-refractivity contribution is -0.117. The molecule has 5 heteroatoms.